The van der Waals surface area contributed by atoms with E-state index in [0.717, 1.165) is 43.3 Å². The van der Waals surface area contributed by atoms with Crippen molar-refractivity contribution in [1.82, 2.24) is 10.2 Å². The molecule has 0 spiro atoms. The van der Waals surface area contributed by atoms with Crippen molar-refractivity contribution in [3.63, 3.8) is 0 Å². The second-order valence-electron chi connectivity index (χ2n) is 6.68. The number of hydrogen-bond donors (Lipinski definition) is 2. The Labute approximate surface area is 138 Å². The van der Waals surface area contributed by atoms with Gasteiger partial charge in [0.15, 0.2) is 0 Å². The zero-order valence-electron chi connectivity index (χ0n) is 13.9. The second-order valence-corrected chi connectivity index (χ2v) is 6.68. The number of methoxy groups -OCH3 is 1. The largest absolute Gasteiger partial charge is 0.497 e. The molecule has 1 aliphatic heterocycles. The summed E-state index contributed by atoms with van der Waals surface area (Å²) in [6.07, 6.45) is 5.08. The molecule has 1 saturated heterocycles. The van der Waals surface area contributed by atoms with Crippen LogP contribution in [0.25, 0.3) is 0 Å². The minimum atomic E-state index is 0.0551. The second kappa shape index (κ2) is 7.79. The molecular weight excluding hydrogens is 290 g/mol. The van der Waals surface area contributed by atoms with Crippen LogP contribution in [0.1, 0.15) is 25.7 Å². The number of benzene rings is 1. The quantitative estimate of drug-likeness (QED) is 0.809. The third-order valence-electron chi connectivity index (χ3n) is 4.72. The van der Waals surface area contributed by atoms with Gasteiger partial charge in [-0.05, 0) is 62.4 Å². The van der Waals surface area contributed by atoms with Gasteiger partial charge in [0.05, 0.1) is 13.7 Å². The van der Waals surface area contributed by atoms with Gasteiger partial charge in [0.25, 0.3) is 0 Å². The Balaban J connectivity index is 1.36. The van der Waals surface area contributed by atoms with Crippen molar-refractivity contribution < 1.29 is 9.53 Å². The van der Waals surface area contributed by atoms with E-state index in [1.165, 1.54) is 19.4 Å². The summed E-state index contributed by atoms with van der Waals surface area (Å²) >= 11 is 0. The molecule has 5 heteroatoms. The van der Waals surface area contributed by atoms with Gasteiger partial charge in [-0.3, -0.25) is 9.69 Å². The van der Waals surface area contributed by atoms with Gasteiger partial charge in [-0.25, -0.2) is 0 Å². The molecule has 23 heavy (non-hydrogen) atoms. The van der Waals surface area contributed by atoms with E-state index >= 15 is 0 Å². The highest BCUT2D eigenvalue weighted by molar-refractivity contribution is 5.92. The zero-order valence-corrected chi connectivity index (χ0v) is 13.9. The average Bonchev–Trinajstić information content (AvgIpc) is 3.39. The molecule has 0 unspecified atom stereocenters. The van der Waals surface area contributed by atoms with Crippen LogP contribution >= 0.6 is 0 Å². The lowest BCUT2D eigenvalue weighted by Gasteiger charge is -2.32. The van der Waals surface area contributed by atoms with E-state index in [1.807, 2.05) is 24.3 Å². The fourth-order valence-corrected chi connectivity index (χ4v) is 3.03. The van der Waals surface area contributed by atoms with E-state index < -0.39 is 0 Å². The van der Waals surface area contributed by atoms with Crippen LogP contribution in [-0.2, 0) is 4.79 Å². The Bertz CT molecular complexity index is 506. The third kappa shape index (κ3) is 5.22. The van der Waals surface area contributed by atoms with Crippen molar-refractivity contribution in [1.29, 1.82) is 0 Å². The van der Waals surface area contributed by atoms with Gasteiger partial charge in [-0.15, -0.1) is 0 Å². The number of rotatable bonds is 7. The topological polar surface area (TPSA) is 53.6 Å². The minimum absolute atomic E-state index is 0.0551. The molecule has 1 saturated carbocycles. The molecule has 1 aromatic carbocycles. The maximum Gasteiger partial charge on any atom is 0.238 e. The van der Waals surface area contributed by atoms with Crippen LogP contribution < -0.4 is 15.4 Å². The monoisotopic (exact) mass is 317 g/mol. The number of carbonyl (C=O) groups excluding carboxylic acids is 1. The Morgan fingerprint density at radius 1 is 1.17 bits per heavy atom. The molecule has 2 fully saturated rings. The third-order valence-corrected chi connectivity index (χ3v) is 4.72. The molecule has 2 aliphatic rings. The first kappa shape index (κ1) is 16.3. The van der Waals surface area contributed by atoms with Crippen LogP contribution in [-0.4, -0.2) is 50.1 Å². The summed E-state index contributed by atoms with van der Waals surface area (Å²) in [5, 5.41) is 6.62. The van der Waals surface area contributed by atoms with E-state index in [4.69, 9.17) is 4.74 Å². The molecule has 5 nitrogen and oxygen atoms in total. The number of nitrogens with zero attached hydrogens (tertiary/aromatic N) is 1. The number of nitrogens with one attached hydrogen (secondary N) is 2. The number of piperidine rings is 1. The number of hydrogen-bond acceptors (Lipinski definition) is 4. The first-order chi connectivity index (χ1) is 11.2. The molecule has 1 heterocycles. The molecule has 1 aliphatic carbocycles. The standard InChI is InChI=1S/C18H27N3O2/c1-23-17-6-4-16(5-7-17)20-18(22)13-21-10-8-15(9-11-21)19-12-14-2-3-14/h4-7,14-15,19H,2-3,8-13H2,1H3,(H,20,22). The first-order valence-corrected chi connectivity index (χ1v) is 8.62. The van der Waals surface area contributed by atoms with Gasteiger partial charge < -0.3 is 15.4 Å². The van der Waals surface area contributed by atoms with Crippen LogP contribution in [0, 0.1) is 5.92 Å². The molecule has 0 bridgehead atoms. The maximum atomic E-state index is 12.1. The minimum Gasteiger partial charge on any atom is -0.497 e. The van der Waals surface area contributed by atoms with Gasteiger partial charge in [-0.1, -0.05) is 0 Å². The van der Waals surface area contributed by atoms with E-state index in [1.54, 1.807) is 7.11 Å². The van der Waals surface area contributed by atoms with Crippen molar-refractivity contribution in [3.8, 4) is 5.75 Å². The summed E-state index contributed by atoms with van der Waals surface area (Å²) in [6, 6.07) is 8.07. The van der Waals surface area contributed by atoms with Crippen LogP contribution in [0.4, 0.5) is 5.69 Å². The lowest BCUT2D eigenvalue weighted by molar-refractivity contribution is -0.117. The average molecular weight is 317 g/mol. The van der Waals surface area contributed by atoms with Gasteiger partial charge in [-0.2, -0.15) is 0 Å². The fraction of sp³-hybridized carbons (Fsp3) is 0.611. The Kier molecular flexibility index (Phi) is 5.51. The molecule has 1 amide bonds. The summed E-state index contributed by atoms with van der Waals surface area (Å²) in [6.45, 7) is 3.65. The summed E-state index contributed by atoms with van der Waals surface area (Å²) in [5.74, 6) is 1.78. The van der Waals surface area contributed by atoms with E-state index in [2.05, 4.69) is 15.5 Å². The summed E-state index contributed by atoms with van der Waals surface area (Å²) in [7, 11) is 1.64. The normalized spacial score (nSPS) is 19.5. The fourth-order valence-electron chi connectivity index (χ4n) is 3.03. The van der Waals surface area contributed by atoms with Gasteiger partial charge in [0.1, 0.15) is 5.75 Å². The smallest absolute Gasteiger partial charge is 0.238 e. The maximum absolute atomic E-state index is 12.1. The number of anilines is 1. The van der Waals surface area contributed by atoms with Crippen molar-refractivity contribution >= 4 is 11.6 Å². The Morgan fingerprint density at radius 2 is 1.87 bits per heavy atom. The Morgan fingerprint density at radius 3 is 2.48 bits per heavy atom. The Hall–Kier alpha value is -1.59. The van der Waals surface area contributed by atoms with Gasteiger partial charge >= 0.3 is 0 Å². The molecule has 3 rings (SSSR count). The number of amides is 1. The molecule has 2 N–H and O–H groups in total. The number of carbonyl (C=O) groups is 1. The van der Waals surface area contributed by atoms with Crippen LogP contribution in [0.3, 0.4) is 0 Å². The van der Waals surface area contributed by atoms with Crippen LogP contribution in [0.15, 0.2) is 24.3 Å². The molecule has 0 radical (unpaired) electrons. The predicted octanol–water partition coefficient (Wildman–Crippen LogP) is 2.10. The zero-order chi connectivity index (χ0) is 16.1. The SMILES string of the molecule is COc1ccc(NC(=O)CN2CCC(NCC3CC3)CC2)cc1. The predicted molar refractivity (Wildman–Crippen MR) is 91.8 cm³/mol. The van der Waals surface area contributed by atoms with Crippen LogP contribution in [0.5, 0.6) is 5.75 Å². The summed E-state index contributed by atoms with van der Waals surface area (Å²) in [4.78, 5) is 14.4. The van der Waals surface area contributed by atoms with Crippen molar-refractivity contribution in [3.05, 3.63) is 24.3 Å². The summed E-state index contributed by atoms with van der Waals surface area (Å²) in [5.41, 5.74) is 0.816. The molecule has 0 atom stereocenters. The summed E-state index contributed by atoms with van der Waals surface area (Å²) < 4.78 is 5.12. The van der Waals surface area contributed by atoms with Crippen molar-refractivity contribution in [2.75, 3.05) is 38.6 Å². The van der Waals surface area contributed by atoms with E-state index in [0.29, 0.717) is 12.6 Å². The lowest BCUT2D eigenvalue weighted by Crippen LogP contribution is -2.45. The highest BCUT2D eigenvalue weighted by Crippen LogP contribution is 2.28. The van der Waals surface area contributed by atoms with Crippen molar-refractivity contribution in [2.45, 2.75) is 31.7 Å². The van der Waals surface area contributed by atoms with Gasteiger partial charge in [0.2, 0.25) is 5.91 Å². The first-order valence-electron chi connectivity index (χ1n) is 8.62. The highest BCUT2D eigenvalue weighted by Gasteiger charge is 2.24. The highest BCUT2D eigenvalue weighted by atomic mass is 16.5. The molecule has 0 aromatic heterocycles. The van der Waals surface area contributed by atoms with Crippen molar-refractivity contribution in [2.24, 2.45) is 5.92 Å². The molecular formula is C18H27N3O2. The number of likely N-dealkylation sites (tertiary alicyclic amines) is 1. The van der Waals surface area contributed by atoms with E-state index in [9.17, 15) is 4.79 Å². The molecule has 126 valence electrons. The van der Waals surface area contributed by atoms with Crippen LogP contribution in [0.2, 0.25) is 0 Å². The lowest BCUT2D eigenvalue weighted by atomic mass is 10.0. The number of ether oxygens (including phenoxy) is 1. The van der Waals surface area contributed by atoms with Gasteiger partial charge in [0, 0.05) is 24.8 Å². The molecule has 1 aromatic rings. The van der Waals surface area contributed by atoms with E-state index in [-0.39, 0.29) is 5.91 Å².